The summed E-state index contributed by atoms with van der Waals surface area (Å²) >= 11 is 0. The third-order valence-corrected chi connectivity index (χ3v) is 4.63. The molecule has 7 heteroatoms. The van der Waals surface area contributed by atoms with Crippen molar-refractivity contribution in [3.63, 3.8) is 0 Å². The van der Waals surface area contributed by atoms with Gasteiger partial charge in [-0.05, 0) is 36.5 Å². The van der Waals surface area contributed by atoms with Gasteiger partial charge in [-0.3, -0.25) is 9.48 Å². The number of ether oxygens (including phenoxy) is 1. The van der Waals surface area contributed by atoms with Crippen LogP contribution in [0.3, 0.4) is 0 Å². The van der Waals surface area contributed by atoms with E-state index in [2.05, 4.69) is 10.3 Å². The second-order valence-corrected chi connectivity index (χ2v) is 6.51. The van der Waals surface area contributed by atoms with E-state index in [-0.39, 0.29) is 5.91 Å². The smallest absolute Gasteiger partial charge is 0.226 e. The van der Waals surface area contributed by atoms with Gasteiger partial charge in [-0.1, -0.05) is 17.3 Å². The highest BCUT2D eigenvalue weighted by molar-refractivity contribution is 5.78. The maximum atomic E-state index is 12.6. The molecule has 0 spiro atoms. The van der Waals surface area contributed by atoms with Crippen molar-refractivity contribution in [3.05, 3.63) is 41.7 Å². The highest BCUT2D eigenvalue weighted by Gasteiger charge is 2.24. The van der Waals surface area contributed by atoms with Gasteiger partial charge in [0.25, 0.3) is 0 Å². The maximum absolute atomic E-state index is 12.6. The van der Waals surface area contributed by atoms with Crippen molar-refractivity contribution in [1.29, 1.82) is 0 Å². The second kappa shape index (κ2) is 8.11. The molecule has 0 aliphatic carbocycles. The number of piperidine rings is 1. The van der Waals surface area contributed by atoms with Crippen LogP contribution in [0.2, 0.25) is 0 Å². The normalized spacial score (nSPS) is 17.5. The molecule has 1 aliphatic heterocycles. The zero-order valence-corrected chi connectivity index (χ0v) is 14.6. The van der Waals surface area contributed by atoms with Gasteiger partial charge in [-0.25, -0.2) is 0 Å². The molecule has 1 amide bonds. The molecule has 1 aromatic carbocycles. The molecule has 25 heavy (non-hydrogen) atoms. The van der Waals surface area contributed by atoms with Crippen LogP contribution in [0.15, 0.2) is 30.5 Å². The minimum absolute atomic E-state index is 0.177. The van der Waals surface area contributed by atoms with E-state index >= 15 is 0 Å². The van der Waals surface area contributed by atoms with Gasteiger partial charge in [0.1, 0.15) is 5.75 Å². The van der Waals surface area contributed by atoms with E-state index in [9.17, 15) is 4.79 Å². The minimum atomic E-state index is 0.177. The molecule has 3 rings (SSSR count). The summed E-state index contributed by atoms with van der Waals surface area (Å²) in [6, 6.07) is 7.67. The summed E-state index contributed by atoms with van der Waals surface area (Å²) in [6.45, 7) is 2.78. The Labute approximate surface area is 147 Å². The molecule has 2 aromatic rings. The van der Waals surface area contributed by atoms with Crippen LogP contribution >= 0.6 is 0 Å². The molecule has 2 N–H and O–H groups in total. The van der Waals surface area contributed by atoms with Crippen molar-refractivity contribution in [2.45, 2.75) is 32.4 Å². The number of carbonyl (C=O) groups excluding carboxylic acids is 1. The summed E-state index contributed by atoms with van der Waals surface area (Å²) in [5, 5.41) is 8.13. The Morgan fingerprint density at radius 1 is 1.36 bits per heavy atom. The summed E-state index contributed by atoms with van der Waals surface area (Å²) in [7, 11) is 1.64. The van der Waals surface area contributed by atoms with E-state index in [1.165, 1.54) is 0 Å². The van der Waals surface area contributed by atoms with E-state index in [1.807, 2.05) is 40.0 Å². The number of nitrogens with two attached hydrogens (primary N) is 1. The first kappa shape index (κ1) is 17.4. The molecular weight excluding hydrogens is 318 g/mol. The molecule has 1 atom stereocenters. The Bertz CT molecular complexity index is 698. The molecule has 0 saturated carbocycles. The van der Waals surface area contributed by atoms with Crippen LogP contribution in [0.5, 0.6) is 5.75 Å². The van der Waals surface area contributed by atoms with Crippen molar-refractivity contribution >= 4 is 5.91 Å². The van der Waals surface area contributed by atoms with Crippen LogP contribution in [-0.2, 0) is 24.3 Å². The molecule has 2 heterocycles. The standard InChI is InChI=1S/C18H25N5O2/c1-25-17-6-4-14(5-7-17)9-18(24)22-8-2-3-15(11-22)12-23-13-16(10-19)20-21-23/h4-7,13,15H,2-3,8-12,19H2,1H3/t15-/m0/s1. The lowest BCUT2D eigenvalue weighted by Crippen LogP contribution is -2.41. The largest absolute Gasteiger partial charge is 0.497 e. The number of nitrogens with zero attached hydrogens (tertiary/aromatic N) is 4. The van der Waals surface area contributed by atoms with Crippen LogP contribution < -0.4 is 10.5 Å². The zero-order valence-electron chi connectivity index (χ0n) is 14.6. The summed E-state index contributed by atoms with van der Waals surface area (Å²) in [5.41, 5.74) is 7.38. The summed E-state index contributed by atoms with van der Waals surface area (Å²) in [5.74, 6) is 1.39. The van der Waals surface area contributed by atoms with Crippen molar-refractivity contribution in [2.24, 2.45) is 11.7 Å². The molecule has 1 aromatic heterocycles. The number of hydrogen-bond acceptors (Lipinski definition) is 5. The summed E-state index contributed by atoms with van der Waals surface area (Å²) in [6.07, 6.45) is 4.44. The lowest BCUT2D eigenvalue weighted by Gasteiger charge is -2.32. The topological polar surface area (TPSA) is 86.3 Å². The predicted molar refractivity (Wildman–Crippen MR) is 93.9 cm³/mol. The lowest BCUT2D eigenvalue weighted by molar-refractivity contribution is -0.132. The Morgan fingerprint density at radius 2 is 2.16 bits per heavy atom. The first-order chi connectivity index (χ1) is 12.2. The van der Waals surface area contributed by atoms with Crippen LogP contribution in [0, 0.1) is 5.92 Å². The number of carbonyl (C=O) groups is 1. The van der Waals surface area contributed by atoms with Gasteiger partial charge >= 0.3 is 0 Å². The van der Waals surface area contributed by atoms with Gasteiger partial charge < -0.3 is 15.4 Å². The van der Waals surface area contributed by atoms with Crippen molar-refractivity contribution < 1.29 is 9.53 Å². The number of benzene rings is 1. The van der Waals surface area contributed by atoms with Gasteiger partial charge in [0, 0.05) is 32.4 Å². The molecular formula is C18H25N5O2. The SMILES string of the molecule is COc1ccc(CC(=O)N2CCC[C@H](Cn3cc(CN)nn3)C2)cc1. The predicted octanol–water partition coefficient (Wildman–Crippen LogP) is 1.23. The molecule has 134 valence electrons. The van der Waals surface area contributed by atoms with E-state index in [0.717, 1.165) is 49.5 Å². The van der Waals surface area contributed by atoms with Crippen molar-refractivity contribution in [3.8, 4) is 5.75 Å². The number of hydrogen-bond donors (Lipinski definition) is 1. The van der Waals surface area contributed by atoms with Crippen LogP contribution in [0.25, 0.3) is 0 Å². The molecule has 7 nitrogen and oxygen atoms in total. The Hall–Kier alpha value is -2.41. The Morgan fingerprint density at radius 3 is 2.84 bits per heavy atom. The highest BCUT2D eigenvalue weighted by atomic mass is 16.5. The lowest BCUT2D eigenvalue weighted by atomic mass is 9.97. The Kier molecular flexibility index (Phi) is 5.65. The fourth-order valence-electron chi connectivity index (χ4n) is 3.26. The van der Waals surface area contributed by atoms with Gasteiger partial charge in [-0.2, -0.15) is 0 Å². The molecule has 0 unspecified atom stereocenters. The zero-order chi connectivity index (χ0) is 17.6. The fourth-order valence-corrected chi connectivity index (χ4v) is 3.26. The number of likely N-dealkylation sites (tertiary alicyclic amines) is 1. The van der Waals surface area contributed by atoms with Crippen LogP contribution in [0.4, 0.5) is 0 Å². The third kappa shape index (κ3) is 4.57. The van der Waals surface area contributed by atoms with Gasteiger partial charge in [0.2, 0.25) is 5.91 Å². The number of rotatable bonds is 6. The van der Waals surface area contributed by atoms with E-state index < -0.39 is 0 Å². The quantitative estimate of drug-likeness (QED) is 0.852. The van der Waals surface area contributed by atoms with E-state index in [0.29, 0.717) is 18.9 Å². The van der Waals surface area contributed by atoms with Crippen LogP contribution in [-0.4, -0.2) is 46.0 Å². The monoisotopic (exact) mass is 343 g/mol. The number of amides is 1. The van der Waals surface area contributed by atoms with Crippen LogP contribution in [0.1, 0.15) is 24.1 Å². The first-order valence-corrected chi connectivity index (χ1v) is 8.67. The average molecular weight is 343 g/mol. The minimum Gasteiger partial charge on any atom is -0.497 e. The molecule has 1 fully saturated rings. The molecule has 1 aliphatic rings. The van der Waals surface area contributed by atoms with E-state index in [1.54, 1.807) is 7.11 Å². The second-order valence-electron chi connectivity index (χ2n) is 6.51. The summed E-state index contributed by atoms with van der Waals surface area (Å²) < 4.78 is 6.99. The molecule has 0 radical (unpaired) electrons. The van der Waals surface area contributed by atoms with E-state index in [4.69, 9.17) is 10.5 Å². The average Bonchev–Trinajstić information content (AvgIpc) is 3.10. The van der Waals surface area contributed by atoms with Crippen molar-refractivity contribution in [1.82, 2.24) is 19.9 Å². The highest BCUT2D eigenvalue weighted by Crippen LogP contribution is 2.20. The van der Waals surface area contributed by atoms with Gasteiger partial charge in [0.15, 0.2) is 0 Å². The molecule has 0 bridgehead atoms. The fraction of sp³-hybridized carbons (Fsp3) is 0.500. The third-order valence-electron chi connectivity index (χ3n) is 4.63. The van der Waals surface area contributed by atoms with Gasteiger partial charge in [-0.15, -0.1) is 5.10 Å². The first-order valence-electron chi connectivity index (χ1n) is 8.67. The number of methoxy groups -OCH3 is 1. The maximum Gasteiger partial charge on any atom is 0.226 e. The molecule has 1 saturated heterocycles. The number of aromatic nitrogens is 3. The summed E-state index contributed by atoms with van der Waals surface area (Å²) in [4.78, 5) is 14.6. The Balaban J connectivity index is 1.55. The van der Waals surface area contributed by atoms with Crippen molar-refractivity contribution in [2.75, 3.05) is 20.2 Å². The van der Waals surface area contributed by atoms with Gasteiger partial charge in [0.05, 0.1) is 19.2 Å².